The van der Waals surface area contributed by atoms with Gasteiger partial charge in [0.2, 0.25) is 0 Å². The van der Waals surface area contributed by atoms with E-state index in [4.69, 9.17) is 9.15 Å². The molecule has 0 fully saturated rings. The van der Waals surface area contributed by atoms with Gasteiger partial charge in [-0.3, -0.25) is 0 Å². The Balaban J connectivity index is 2.41. The van der Waals surface area contributed by atoms with Gasteiger partial charge in [-0.1, -0.05) is 24.8 Å². The number of hydrogen-bond donors (Lipinski definition) is 1. The van der Waals surface area contributed by atoms with Gasteiger partial charge in [-0.15, -0.1) is 0 Å². The molecule has 1 aromatic carbocycles. The molecule has 0 aliphatic rings. The van der Waals surface area contributed by atoms with E-state index in [1.54, 1.807) is 13.3 Å². The van der Waals surface area contributed by atoms with Crippen molar-refractivity contribution in [1.82, 2.24) is 4.98 Å². The van der Waals surface area contributed by atoms with Crippen LogP contribution in [0.1, 0.15) is 0 Å². The first-order valence-electron chi connectivity index (χ1n) is 4.09. The van der Waals surface area contributed by atoms with Gasteiger partial charge in [-0.25, -0.2) is 4.98 Å². The van der Waals surface area contributed by atoms with Crippen molar-refractivity contribution in [1.29, 1.82) is 0 Å². The smallest absolute Gasteiger partial charge is 0.252 e. The monoisotopic (exact) mass is 207 g/mol. The molecule has 3 nitrogen and oxygen atoms in total. The van der Waals surface area contributed by atoms with Crippen LogP contribution in [0.25, 0.3) is 11.3 Å². The van der Waals surface area contributed by atoms with Crippen molar-refractivity contribution in [2.75, 3.05) is 7.11 Å². The number of hydrogen-bond acceptors (Lipinski definition) is 4. The van der Waals surface area contributed by atoms with Crippen molar-refractivity contribution < 1.29 is 9.15 Å². The summed E-state index contributed by atoms with van der Waals surface area (Å²) < 4.78 is 10.4. The summed E-state index contributed by atoms with van der Waals surface area (Å²) in [4.78, 5) is 3.91. The number of oxazole rings is 1. The highest BCUT2D eigenvalue weighted by Crippen LogP contribution is 2.24. The van der Waals surface area contributed by atoms with Gasteiger partial charge in [0.05, 0.1) is 13.3 Å². The average Bonchev–Trinajstić information content (AvgIpc) is 2.65. The molecule has 0 saturated heterocycles. The zero-order valence-electron chi connectivity index (χ0n) is 7.60. The van der Waals surface area contributed by atoms with E-state index in [1.807, 2.05) is 24.3 Å². The van der Waals surface area contributed by atoms with E-state index in [1.165, 1.54) is 0 Å². The maximum Gasteiger partial charge on any atom is 0.252 e. The maximum absolute atomic E-state index is 5.27. The summed E-state index contributed by atoms with van der Waals surface area (Å²) in [6.07, 6.45) is 1.64. The first-order valence-corrected chi connectivity index (χ1v) is 4.53. The molecule has 4 heteroatoms. The Hall–Kier alpha value is -1.42. The molecule has 72 valence electrons. The number of thiol groups is 1. The molecule has 0 aliphatic heterocycles. The first-order chi connectivity index (χ1) is 6.79. The van der Waals surface area contributed by atoms with Crippen LogP contribution in [0.15, 0.2) is 40.1 Å². The molecular weight excluding hydrogens is 198 g/mol. The van der Waals surface area contributed by atoms with Crippen molar-refractivity contribution in [3.8, 4) is 17.1 Å². The van der Waals surface area contributed by atoms with Gasteiger partial charge in [0, 0.05) is 5.56 Å². The number of rotatable bonds is 2. The van der Waals surface area contributed by atoms with E-state index >= 15 is 0 Å². The quantitative estimate of drug-likeness (QED) is 0.769. The van der Waals surface area contributed by atoms with Gasteiger partial charge in [0.1, 0.15) is 5.75 Å². The molecule has 0 unspecified atom stereocenters. The fourth-order valence-electron chi connectivity index (χ4n) is 1.17. The standard InChI is InChI=1S/C10H9NO2S/c1-12-8-4-2-3-7(5-8)9-6-11-10(14)13-9/h2-6H,1H3,(H,11,14). The lowest BCUT2D eigenvalue weighted by Gasteiger charge is -2.00. The van der Waals surface area contributed by atoms with Crippen LogP contribution < -0.4 is 4.74 Å². The number of methoxy groups -OCH3 is 1. The summed E-state index contributed by atoms with van der Waals surface area (Å²) in [5.74, 6) is 1.48. The van der Waals surface area contributed by atoms with Crippen LogP contribution in [0.4, 0.5) is 0 Å². The Labute approximate surface area is 87.1 Å². The SMILES string of the molecule is COc1cccc(-c2cnc(S)o2)c1. The lowest BCUT2D eigenvalue weighted by molar-refractivity contribution is 0.414. The maximum atomic E-state index is 5.27. The Morgan fingerprint density at radius 1 is 1.43 bits per heavy atom. The van der Waals surface area contributed by atoms with Crippen LogP contribution in [0, 0.1) is 0 Å². The van der Waals surface area contributed by atoms with E-state index in [-0.39, 0.29) is 0 Å². The van der Waals surface area contributed by atoms with Crippen molar-refractivity contribution in [2.45, 2.75) is 5.22 Å². The molecule has 0 N–H and O–H groups in total. The number of aromatic nitrogens is 1. The van der Waals surface area contributed by atoms with E-state index in [0.29, 0.717) is 11.0 Å². The number of nitrogens with zero attached hydrogens (tertiary/aromatic N) is 1. The molecule has 0 bridgehead atoms. The second-order valence-electron chi connectivity index (χ2n) is 2.74. The highest BCUT2D eigenvalue weighted by atomic mass is 32.1. The minimum Gasteiger partial charge on any atom is -0.497 e. The first kappa shape index (κ1) is 9.15. The molecular formula is C10H9NO2S. The molecule has 0 radical (unpaired) electrons. The van der Waals surface area contributed by atoms with Crippen molar-refractivity contribution in [3.63, 3.8) is 0 Å². The highest BCUT2D eigenvalue weighted by Gasteiger charge is 2.04. The summed E-state index contributed by atoms with van der Waals surface area (Å²) in [5.41, 5.74) is 0.928. The molecule has 0 saturated carbocycles. The van der Waals surface area contributed by atoms with E-state index in [9.17, 15) is 0 Å². The van der Waals surface area contributed by atoms with Crippen LogP contribution in [0.5, 0.6) is 5.75 Å². The van der Waals surface area contributed by atoms with Gasteiger partial charge >= 0.3 is 0 Å². The second-order valence-corrected chi connectivity index (χ2v) is 3.12. The fourth-order valence-corrected chi connectivity index (χ4v) is 1.33. The molecule has 1 heterocycles. The fraction of sp³-hybridized carbons (Fsp3) is 0.100. The molecule has 2 aromatic rings. The normalized spacial score (nSPS) is 10.1. The summed E-state index contributed by atoms with van der Waals surface area (Å²) in [6.45, 7) is 0. The summed E-state index contributed by atoms with van der Waals surface area (Å²) >= 11 is 4.00. The highest BCUT2D eigenvalue weighted by molar-refractivity contribution is 7.80. The minimum atomic E-state index is 0.364. The van der Waals surface area contributed by atoms with Gasteiger partial charge < -0.3 is 9.15 Å². The predicted molar refractivity (Wildman–Crippen MR) is 55.7 cm³/mol. The van der Waals surface area contributed by atoms with Crippen LogP contribution in [-0.4, -0.2) is 12.1 Å². The topological polar surface area (TPSA) is 35.3 Å². The van der Waals surface area contributed by atoms with Crippen molar-refractivity contribution >= 4 is 12.6 Å². The van der Waals surface area contributed by atoms with E-state index < -0.39 is 0 Å². The van der Waals surface area contributed by atoms with E-state index in [0.717, 1.165) is 11.3 Å². The molecule has 0 aliphatic carbocycles. The predicted octanol–water partition coefficient (Wildman–Crippen LogP) is 2.64. The second kappa shape index (κ2) is 3.75. The lowest BCUT2D eigenvalue weighted by atomic mass is 10.2. The van der Waals surface area contributed by atoms with E-state index in [2.05, 4.69) is 17.6 Å². The largest absolute Gasteiger partial charge is 0.497 e. The third-order valence-electron chi connectivity index (χ3n) is 1.85. The van der Waals surface area contributed by atoms with Crippen LogP contribution in [-0.2, 0) is 0 Å². The third kappa shape index (κ3) is 1.75. The zero-order valence-corrected chi connectivity index (χ0v) is 8.49. The minimum absolute atomic E-state index is 0.364. The zero-order chi connectivity index (χ0) is 9.97. The molecule has 1 aromatic heterocycles. The summed E-state index contributed by atoms with van der Waals surface area (Å²) in [6, 6.07) is 7.58. The van der Waals surface area contributed by atoms with Crippen LogP contribution in [0.2, 0.25) is 0 Å². The summed E-state index contributed by atoms with van der Waals surface area (Å²) in [5, 5.41) is 0.364. The Bertz CT molecular complexity index is 439. The van der Waals surface area contributed by atoms with Crippen molar-refractivity contribution in [3.05, 3.63) is 30.5 Å². The third-order valence-corrected chi connectivity index (χ3v) is 2.05. The van der Waals surface area contributed by atoms with Gasteiger partial charge in [-0.05, 0) is 12.1 Å². The van der Waals surface area contributed by atoms with Crippen molar-refractivity contribution in [2.24, 2.45) is 0 Å². The molecule has 14 heavy (non-hydrogen) atoms. The Kier molecular flexibility index (Phi) is 2.45. The van der Waals surface area contributed by atoms with Gasteiger partial charge in [0.25, 0.3) is 5.22 Å². The number of benzene rings is 1. The van der Waals surface area contributed by atoms with Gasteiger partial charge in [0.15, 0.2) is 5.76 Å². The molecule has 2 rings (SSSR count). The molecule has 0 amide bonds. The Morgan fingerprint density at radius 2 is 2.29 bits per heavy atom. The average molecular weight is 207 g/mol. The van der Waals surface area contributed by atoms with Crippen LogP contribution in [0.3, 0.4) is 0 Å². The lowest BCUT2D eigenvalue weighted by Crippen LogP contribution is -1.82. The molecule has 0 spiro atoms. The Morgan fingerprint density at radius 3 is 2.93 bits per heavy atom. The molecule has 0 atom stereocenters. The van der Waals surface area contributed by atoms with Gasteiger partial charge in [-0.2, -0.15) is 0 Å². The summed E-state index contributed by atoms with van der Waals surface area (Å²) in [7, 11) is 1.63. The number of ether oxygens (including phenoxy) is 1. The van der Waals surface area contributed by atoms with Crippen LogP contribution >= 0.6 is 12.6 Å².